The fraction of sp³-hybridized carbons (Fsp3) is 0.588. The number of likely N-dealkylation sites (tertiary alicyclic amines) is 1. The lowest BCUT2D eigenvalue weighted by Gasteiger charge is -2.29. The van der Waals surface area contributed by atoms with E-state index in [0.717, 1.165) is 50.0 Å². The molecule has 0 saturated carbocycles. The van der Waals surface area contributed by atoms with Crippen LogP contribution in [-0.2, 0) is 0 Å². The summed E-state index contributed by atoms with van der Waals surface area (Å²) in [5.74, 6) is 1.54. The summed E-state index contributed by atoms with van der Waals surface area (Å²) in [7, 11) is 0. The predicted octanol–water partition coefficient (Wildman–Crippen LogP) is 1.93. The van der Waals surface area contributed by atoms with Gasteiger partial charge in [0, 0.05) is 19.1 Å². The number of carboxylic acid groups (broad SMARTS) is 1. The molecule has 3 rings (SSSR count). The van der Waals surface area contributed by atoms with Gasteiger partial charge in [0.15, 0.2) is 0 Å². The van der Waals surface area contributed by atoms with E-state index in [1.807, 2.05) is 30.3 Å². The number of hydrogen-bond acceptors (Lipinski definition) is 3. The molecule has 5 nitrogen and oxygen atoms in total. The van der Waals surface area contributed by atoms with Gasteiger partial charge in [-0.05, 0) is 43.8 Å². The number of benzene rings is 1. The minimum absolute atomic E-state index is 0.146. The van der Waals surface area contributed by atoms with E-state index >= 15 is 0 Å². The number of rotatable bonds is 5. The lowest BCUT2D eigenvalue weighted by atomic mass is 9.99. The molecule has 4 unspecified atom stereocenters. The van der Waals surface area contributed by atoms with Crippen molar-refractivity contribution in [2.24, 2.45) is 11.8 Å². The Labute approximate surface area is 131 Å². The molecule has 0 aromatic heterocycles. The molecule has 3 N–H and O–H groups in total. The lowest BCUT2D eigenvalue weighted by Crippen LogP contribution is -2.38. The van der Waals surface area contributed by atoms with Gasteiger partial charge in [0.1, 0.15) is 0 Å². The first kappa shape index (κ1) is 15.3. The first-order chi connectivity index (χ1) is 10.6. The molecule has 0 aliphatic carbocycles. The van der Waals surface area contributed by atoms with Crippen molar-refractivity contribution in [1.82, 2.24) is 15.5 Å². The third-order valence-electron chi connectivity index (χ3n) is 5.12. The fourth-order valence-electron chi connectivity index (χ4n) is 3.85. The van der Waals surface area contributed by atoms with Crippen molar-refractivity contribution < 1.29 is 9.90 Å². The van der Waals surface area contributed by atoms with Crippen molar-refractivity contribution in [1.29, 1.82) is 0 Å². The van der Waals surface area contributed by atoms with Gasteiger partial charge in [0.2, 0.25) is 0 Å². The Morgan fingerprint density at radius 3 is 2.55 bits per heavy atom. The second-order valence-electron chi connectivity index (χ2n) is 6.63. The monoisotopic (exact) mass is 303 g/mol. The second-order valence-corrected chi connectivity index (χ2v) is 6.63. The van der Waals surface area contributed by atoms with Gasteiger partial charge in [-0.1, -0.05) is 30.3 Å². The molecule has 1 aromatic rings. The van der Waals surface area contributed by atoms with E-state index in [1.165, 1.54) is 0 Å². The molecule has 4 atom stereocenters. The van der Waals surface area contributed by atoms with Gasteiger partial charge in [-0.25, -0.2) is 4.79 Å². The minimum Gasteiger partial charge on any atom is -0.465 e. The Morgan fingerprint density at radius 2 is 1.95 bits per heavy atom. The van der Waals surface area contributed by atoms with Gasteiger partial charge in [-0.3, -0.25) is 4.90 Å². The number of nitrogens with zero attached hydrogens (tertiary/aromatic N) is 1. The van der Waals surface area contributed by atoms with Gasteiger partial charge in [-0.15, -0.1) is 0 Å². The maximum absolute atomic E-state index is 11.1. The topological polar surface area (TPSA) is 64.6 Å². The van der Waals surface area contributed by atoms with Crippen LogP contribution >= 0.6 is 0 Å². The van der Waals surface area contributed by atoms with Crippen LogP contribution in [0, 0.1) is 11.8 Å². The van der Waals surface area contributed by atoms with Gasteiger partial charge in [0.05, 0.1) is 6.04 Å². The molecule has 120 valence electrons. The zero-order valence-electron chi connectivity index (χ0n) is 13.0. The Hall–Kier alpha value is -1.59. The zero-order valence-corrected chi connectivity index (χ0v) is 13.0. The average Bonchev–Trinajstić information content (AvgIpc) is 3.08. The molecule has 2 aliphatic rings. The van der Waals surface area contributed by atoms with Crippen LogP contribution in [-0.4, -0.2) is 48.3 Å². The molecule has 1 aromatic carbocycles. The first-order valence-corrected chi connectivity index (χ1v) is 8.12. The van der Waals surface area contributed by atoms with E-state index in [0.29, 0.717) is 6.04 Å². The predicted molar refractivity (Wildman–Crippen MR) is 85.8 cm³/mol. The summed E-state index contributed by atoms with van der Waals surface area (Å²) in [6, 6.07) is 10.1. The molecule has 2 heterocycles. The molecule has 2 saturated heterocycles. The van der Waals surface area contributed by atoms with Gasteiger partial charge in [-0.2, -0.15) is 0 Å². The average molecular weight is 303 g/mol. The fourth-order valence-corrected chi connectivity index (χ4v) is 3.85. The van der Waals surface area contributed by atoms with Gasteiger partial charge >= 0.3 is 6.09 Å². The molecule has 0 spiro atoms. The summed E-state index contributed by atoms with van der Waals surface area (Å²) in [6.45, 7) is 6.74. The zero-order chi connectivity index (χ0) is 15.5. The largest absolute Gasteiger partial charge is 0.465 e. The van der Waals surface area contributed by atoms with Crippen molar-refractivity contribution >= 4 is 6.09 Å². The maximum atomic E-state index is 11.1. The SMILES string of the molecule is CC(CC(NC(=O)O)c1ccccc1)N1CC2CNCC2C1. The number of nitrogens with one attached hydrogen (secondary N) is 2. The third-order valence-corrected chi connectivity index (χ3v) is 5.12. The molecular formula is C17H25N3O2. The molecule has 22 heavy (non-hydrogen) atoms. The summed E-state index contributed by atoms with van der Waals surface area (Å²) in [6.07, 6.45) is -0.146. The normalized spacial score (nSPS) is 27.3. The first-order valence-electron chi connectivity index (χ1n) is 8.12. The van der Waals surface area contributed by atoms with Crippen molar-refractivity contribution in [3.8, 4) is 0 Å². The van der Waals surface area contributed by atoms with Gasteiger partial charge in [0.25, 0.3) is 0 Å². The van der Waals surface area contributed by atoms with Crippen LogP contribution in [0.15, 0.2) is 30.3 Å². The standard InChI is InChI=1S/C17H25N3O2/c1-12(20-10-14-8-18-9-15(14)11-20)7-16(19-17(21)22)13-5-3-2-4-6-13/h2-6,12,14-16,18-19H,7-11H2,1H3,(H,21,22). The van der Waals surface area contributed by atoms with Crippen LogP contribution in [0.25, 0.3) is 0 Å². The summed E-state index contributed by atoms with van der Waals surface area (Å²) in [4.78, 5) is 13.6. The van der Waals surface area contributed by atoms with Crippen molar-refractivity contribution in [3.63, 3.8) is 0 Å². The van der Waals surface area contributed by atoms with Crippen LogP contribution < -0.4 is 10.6 Å². The highest BCUT2D eigenvalue weighted by atomic mass is 16.4. The van der Waals surface area contributed by atoms with E-state index < -0.39 is 6.09 Å². The Morgan fingerprint density at radius 1 is 1.32 bits per heavy atom. The smallest absolute Gasteiger partial charge is 0.405 e. The molecule has 0 radical (unpaired) electrons. The highest BCUT2D eigenvalue weighted by Gasteiger charge is 2.38. The van der Waals surface area contributed by atoms with Crippen molar-refractivity contribution in [3.05, 3.63) is 35.9 Å². The van der Waals surface area contributed by atoms with Crippen molar-refractivity contribution in [2.75, 3.05) is 26.2 Å². The molecule has 0 bridgehead atoms. The van der Waals surface area contributed by atoms with E-state index in [9.17, 15) is 4.79 Å². The Balaban J connectivity index is 1.64. The Bertz CT molecular complexity index is 496. The number of hydrogen-bond donors (Lipinski definition) is 3. The molecule has 2 aliphatic heterocycles. The van der Waals surface area contributed by atoms with E-state index in [2.05, 4.69) is 22.5 Å². The summed E-state index contributed by atoms with van der Waals surface area (Å²) >= 11 is 0. The highest BCUT2D eigenvalue weighted by Crippen LogP contribution is 2.30. The third kappa shape index (κ3) is 3.42. The van der Waals surface area contributed by atoms with Crippen LogP contribution in [0.4, 0.5) is 4.79 Å². The Kier molecular flexibility index (Phi) is 4.64. The minimum atomic E-state index is -0.955. The summed E-state index contributed by atoms with van der Waals surface area (Å²) in [5, 5.41) is 15.3. The second kappa shape index (κ2) is 6.67. The van der Waals surface area contributed by atoms with Crippen molar-refractivity contribution in [2.45, 2.75) is 25.4 Å². The molecule has 1 amide bonds. The molecular weight excluding hydrogens is 278 g/mol. The quantitative estimate of drug-likeness (QED) is 0.777. The number of amides is 1. The van der Waals surface area contributed by atoms with Crippen LogP contribution in [0.2, 0.25) is 0 Å². The van der Waals surface area contributed by atoms with Gasteiger partial charge < -0.3 is 15.7 Å². The number of fused-ring (bicyclic) bond motifs is 1. The lowest BCUT2D eigenvalue weighted by molar-refractivity contribution is 0.179. The van der Waals surface area contributed by atoms with Crippen LogP contribution in [0.5, 0.6) is 0 Å². The molecule has 2 fully saturated rings. The van der Waals surface area contributed by atoms with E-state index in [1.54, 1.807) is 0 Å². The summed E-state index contributed by atoms with van der Waals surface area (Å²) in [5.41, 5.74) is 1.04. The summed E-state index contributed by atoms with van der Waals surface area (Å²) < 4.78 is 0. The van der Waals surface area contributed by atoms with Crippen LogP contribution in [0.3, 0.4) is 0 Å². The maximum Gasteiger partial charge on any atom is 0.405 e. The van der Waals surface area contributed by atoms with Crippen LogP contribution in [0.1, 0.15) is 24.9 Å². The number of carbonyl (C=O) groups is 1. The van der Waals surface area contributed by atoms with E-state index in [4.69, 9.17) is 5.11 Å². The van der Waals surface area contributed by atoms with E-state index in [-0.39, 0.29) is 6.04 Å². The highest BCUT2D eigenvalue weighted by molar-refractivity contribution is 5.65. The molecule has 5 heteroatoms.